The lowest BCUT2D eigenvalue weighted by Gasteiger charge is -2.08. The lowest BCUT2D eigenvalue weighted by molar-refractivity contribution is 0.585. The number of benzene rings is 2. The maximum Gasteiger partial charge on any atom is 0.222 e. The largest absolute Gasteiger partial charge is 0.382 e. The highest BCUT2D eigenvalue weighted by molar-refractivity contribution is 5.75. The van der Waals surface area contributed by atoms with Gasteiger partial charge in [-0.05, 0) is 17.7 Å². The van der Waals surface area contributed by atoms with Gasteiger partial charge < -0.3 is 11.5 Å². The summed E-state index contributed by atoms with van der Waals surface area (Å²) in [7, 11) is 0. The lowest BCUT2D eigenvalue weighted by atomic mass is 10.0. The van der Waals surface area contributed by atoms with Crippen LogP contribution in [-0.2, 0) is 0 Å². The van der Waals surface area contributed by atoms with Crippen molar-refractivity contribution in [3.05, 3.63) is 59.7 Å². The standard InChI is InChI=1S/C17H11F2N5/c18-11-5-6-12(14(19)7-11)9-1-3-10(4-2-9)15-13(8-20)16(21)24-17(22)23-15/h1-7H,(H4,21,22,23,24). The van der Waals surface area contributed by atoms with E-state index in [1.165, 1.54) is 12.1 Å². The zero-order valence-corrected chi connectivity index (χ0v) is 12.3. The zero-order chi connectivity index (χ0) is 17.3. The van der Waals surface area contributed by atoms with Crippen molar-refractivity contribution in [2.24, 2.45) is 0 Å². The highest BCUT2D eigenvalue weighted by Crippen LogP contribution is 2.29. The molecule has 118 valence electrons. The number of halogens is 2. The number of nitrogen functional groups attached to an aromatic ring is 2. The average Bonchev–Trinajstić information content (AvgIpc) is 2.54. The molecule has 3 rings (SSSR count). The van der Waals surface area contributed by atoms with Crippen LogP contribution in [0.15, 0.2) is 42.5 Å². The number of rotatable bonds is 2. The Balaban J connectivity index is 2.06. The van der Waals surface area contributed by atoms with Crippen molar-refractivity contribution >= 4 is 11.8 Å². The van der Waals surface area contributed by atoms with Crippen LogP contribution >= 0.6 is 0 Å². The third kappa shape index (κ3) is 2.73. The Morgan fingerprint density at radius 3 is 2.21 bits per heavy atom. The van der Waals surface area contributed by atoms with Crippen LogP contribution < -0.4 is 11.5 Å². The van der Waals surface area contributed by atoms with Gasteiger partial charge in [-0.3, -0.25) is 0 Å². The Morgan fingerprint density at radius 1 is 0.917 bits per heavy atom. The van der Waals surface area contributed by atoms with Crippen LogP contribution in [0.25, 0.3) is 22.4 Å². The van der Waals surface area contributed by atoms with E-state index < -0.39 is 11.6 Å². The lowest BCUT2D eigenvalue weighted by Crippen LogP contribution is -2.04. The zero-order valence-electron chi connectivity index (χ0n) is 12.3. The van der Waals surface area contributed by atoms with Gasteiger partial charge in [-0.25, -0.2) is 13.8 Å². The summed E-state index contributed by atoms with van der Waals surface area (Å²) in [6.45, 7) is 0. The van der Waals surface area contributed by atoms with Gasteiger partial charge in [0.1, 0.15) is 29.1 Å². The van der Waals surface area contributed by atoms with E-state index in [-0.39, 0.29) is 22.9 Å². The molecule has 0 aliphatic carbocycles. The molecule has 0 aliphatic rings. The maximum atomic E-state index is 13.8. The number of hydrogen-bond acceptors (Lipinski definition) is 5. The topological polar surface area (TPSA) is 102 Å². The Hall–Kier alpha value is -3.53. The quantitative estimate of drug-likeness (QED) is 0.754. The van der Waals surface area contributed by atoms with E-state index in [1.54, 1.807) is 24.3 Å². The smallest absolute Gasteiger partial charge is 0.222 e. The first-order valence-corrected chi connectivity index (χ1v) is 6.88. The molecular weight excluding hydrogens is 312 g/mol. The number of nitriles is 1. The van der Waals surface area contributed by atoms with Crippen LogP contribution in [0, 0.1) is 23.0 Å². The van der Waals surface area contributed by atoms with Crippen LogP contribution in [-0.4, -0.2) is 9.97 Å². The molecule has 4 N–H and O–H groups in total. The predicted octanol–water partition coefficient (Wildman–Crippen LogP) is 3.12. The summed E-state index contributed by atoms with van der Waals surface area (Å²) in [4.78, 5) is 7.80. The number of aromatic nitrogens is 2. The van der Waals surface area contributed by atoms with Crippen molar-refractivity contribution in [2.45, 2.75) is 0 Å². The maximum absolute atomic E-state index is 13.8. The molecule has 24 heavy (non-hydrogen) atoms. The van der Waals surface area contributed by atoms with Crippen LogP contribution in [0.2, 0.25) is 0 Å². The molecular formula is C17H11F2N5. The van der Waals surface area contributed by atoms with Crippen molar-refractivity contribution in [3.63, 3.8) is 0 Å². The Kier molecular flexibility index (Phi) is 3.80. The second-order valence-corrected chi connectivity index (χ2v) is 5.00. The molecule has 3 aromatic rings. The third-order valence-corrected chi connectivity index (χ3v) is 3.47. The number of nitrogens with zero attached hydrogens (tertiary/aromatic N) is 3. The van der Waals surface area contributed by atoms with Gasteiger partial charge in [-0.2, -0.15) is 10.2 Å². The molecule has 0 spiro atoms. The molecule has 0 aliphatic heterocycles. The molecule has 0 saturated carbocycles. The van der Waals surface area contributed by atoms with E-state index in [2.05, 4.69) is 9.97 Å². The van der Waals surface area contributed by atoms with Crippen molar-refractivity contribution in [3.8, 4) is 28.5 Å². The minimum absolute atomic E-state index is 0.00587. The Morgan fingerprint density at radius 2 is 1.58 bits per heavy atom. The summed E-state index contributed by atoms with van der Waals surface area (Å²) in [5.41, 5.74) is 13.1. The van der Waals surface area contributed by atoms with Crippen LogP contribution in [0.3, 0.4) is 0 Å². The monoisotopic (exact) mass is 323 g/mol. The normalized spacial score (nSPS) is 10.4. The predicted molar refractivity (Wildman–Crippen MR) is 86.4 cm³/mol. The van der Waals surface area contributed by atoms with Gasteiger partial charge in [0.2, 0.25) is 5.95 Å². The minimum atomic E-state index is -0.656. The third-order valence-electron chi connectivity index (χ3n) is 3.47. The number of hydrogen-bond donors (Lipinski definition) is 2. The molecule has 2 aromatic carbocycles. The van der Waals surface area contributed by atoms with E-state index in [0.717, 1.165) is 6.07 Å². The first-order valence-electron chi connectivity index (χ1n) is 6.88. The van der Waals surface area contributed by atoms with Gasteiger partial charge in [-0.15, -0.1) is 0 Å². The average molecular weight is 323 g/mol. The van der Waals surface area contributed by atoms with Gasteiger partial charge >= 0.3 is 0 Å². The molecule has 0 bridgehead atoms. The van der Waals surface area contributed by atoms with Crippen molar-refractivity contribution < 1.29 is 8.78 Å². The van der Waals surface area contributed by atoms with Gasteiger partial charge in [0, 0.05) is 17.2 Å². The summed E-state index contributed by atoms with van der Waals surface area (Å²) in [5, 5.41) is 9.21. The number of anilines is 2. The molecule has 0 unspecified atom stereocenters. The van der Waals surface area contributed by atoms with E-state index in [9.17, 15) is 14.0 Å². The fourth-order valence-electron chi connectivity index (χ4n) is 2.35. The minimum Gasteiger partial charge on any atom is -0.382 e. The summed E-state index contributed by atoms with van der Waals surface area (Å²) in [6, 6.07) is 11.9. The summed E-state index contributed by atoms with van der Waals surface area (Å²) in [6.07, 6.45) is 0. The van der Waals surface area contributed by atoms with Gasteiger partial charge in [0.05, 0.1) is 5.69 Å². The number of nitrogens with two attached hydrogens (primary N) is 2. The van der Waals surface area contributed by atoms with Gasteiger partial charge in [-0.1, -0.05) is 24.3 Å². The van der Waals surface area contributed by atoms with Gasteiger partial charge in [0.15, 0.2) is 0 Å². The van der Waals surface area contributed by atoms with E-state index >= 15 is 0 Å². The molecule has 1 heterocycles. The molecule has 0 atom stereocenters. The van der Waals surface area contributed by atoms with E-state index in [0.29, 0.717) is 16.8 Å². The molecule has 1 aromatic heterocycles. The van der Waals surface area contributed by atoms with E-state index in [4.69, 9.17) is 11.5 Å². The molecule has 0 amide bonds. The molecule has 0 saturated heterocycles. The first kappa shape index (κ1) is 15.4. The molecule has 0 fully saturated rings. The Bertz CT molecular complexity index is 962. The van der Waals surface area contributed by atoms with Crippen molar-refractivity contribution in [1.29, 1.82) is 5.26 Å². The summed E-state index contributed by atoms with van der Waals surface area (Å²) >= 11 is 0. The summed E-state index contributed by atoms with van der Waals surface area (Å²) in [5.74, 6) is -1.35. The SMILES string of the molecule is N#Cc1c(N)nc(N)nc1-c1ccc(-c2ccc(F)cc2F)cc1. The molecule has 0 radical (unpaired) electrons. The molecule has 7 heteroatoms. The van der Waals surface area contributed by atoms with Crippen molar-refractivity contribution in [1.82, 2.24) is 9.97 Å². The first-order chi connectivity index (χ1) is 11.5. The van der Waals surface area contributed by atoms with E-state index in [1.807, 2.05) is 6.07 Å². The Labute approximate surface area is 136 Å². The second-order valence-electron chi connectivity index (χ2n) is 5.00. The highest BCUT2D eigenvalue weighted by Gasteiger charge is 2.14. The second kappa shape index (κ2) is 5.93. The van der Waals surface area contributed by atoms with Gasteiger partial charge in [0.25, 0.3) is 0 Å². The summed E-state index contributed by atoms with van der Waals surface area (Å²) < 4.78 is 26.8. The van der Waals surface area contributed by atoms with Crippen LogP contribution in [0.1, 0.15) is 5.56 Å². The van der Waals surface area contributed by atoms with Crippen LogP contribution in [0.4, 0.5) is 20.5 Å². The fraction of sp³-hybridized carbons (Fsp3) is 0. The molecule has 5 nitrogen and oxygen atoms in total. The van der Waals surface area contributed by atoms with Crippen molar-refractivity contribution in [2.75, 3.05) is 11.5 Å². The fourth-order valence-corrected chi connectivity index (χ4v) is 2.35. The highest BCUT2D eigenvalue weighted by atomic mass is 19.1. The van der Waals surface area contributed by atoms with Crippen LogP contribution in [0.5, 0.6) is 0 Å².